The Hall–Kier alpha value is -1.74. The van der Waals surface area contributed by atoms with Crippen LogP contribution in [0.15, 0.2) is 58.3 Å². The maximum Gasteiger partial charge on any atom is 0.335 e. The minimum Gasteiger partial charge on any atom is -0.478 e. The van der Waals surface area contributed by atoms with Gasteiger partial charge in [-0.2, -0.15) is 0 Å². The number of aryl methyl sites for hydroxylation is 1. The zero-order valence-corrected chi connectivity index (χ0v) is 10.2. The van der Waals surface area contributed by atoms with Crippen LogP contribution in [0.4, 0.5) is 0 Å². The van der Waals surface area contributed by atoms with Gasteiger partial charge in [0.25, 0.3) is 0 Å². The first-order valence-corrected chi connectivity index (χ1v) is 6.05. The molecule has 0 heterocycles. The van der Waals surface area contributed by atoms with Gasteiger partial charge >= 0.3 is 5.97 Å². The molecular formula is C14H12O2S. The lowest BCUT2D eigenvalue weighted by atomic mass is 10.1. The molecule has 0 aromatic heterocycles. The summed E-state index contributed by atoms with van der Waals surface area (Å²) in [6.07, 6.45) is 0. The molecule has 0 fully saturated rings. The second kappa shape index (κ2) is 5.06. The fourth-order valence-electron chi connectivity index (χ4n) is 1.51. The van der Waals surface area contributed by atoms with Crippen LogP contribution in [0.1, 0.15) is 15.9 Å². The monoisotopic (exact) mass is 244 g/mol. The third-order valence-electron chi connectivity index (χ3n) is 2.39. The van der Waals surface area contributed by atoms with E-state index in [2.05, 4.69) is 0 Å². The Bertz CT molecular complexity index is 535. The summed E-state index contributed by atoms with van der Waals surface area (Å²) in [5.74, 6) is -0.885. The van der Waals surface area contributed by atoms with Crippen LogP contribution in [-0.4, -0.2) is 11.1 Å². The topological polar surface area (TPSA) is 37.3 Å². The van der Waals surface area contributed by atoms with Crippen LogP contribution >= 0.6 is 11.8 Å². The van der Waals surface area contributed by atoms with Crippen molar-refractivity contribution in [3.63, 3.8) is 0 Å². The van der Waals surface area contributed by atoms with Crippen molar-refractivity contribution < 1.29 is 9.90 Å². The average Bonchev–Trinajstić information content (AvgIpc) is 2.33. The van der Waals surface area contributed by atoms with E-state index in [0.717, 1.165) is 15.4 Å². The molecule has 2 nitrogen and oxygen atoms in total. The van der Waals surface area contributed by atoms with E-state index in [-0.39, 0.29) is 0 Å². The molecule has 0 radical (unpaired) electrons. The van der Waals surface area contributed by atoms with Crippen molar-refractivity contribution in [2.45, 2.75) is 16.7 Å². The third kappa shape index (κ3) is 2.88. The average molecular weight is 244 g/mol. The molecule has 2 aromatic carbocycles. The number of hydrogen-bond donors (Lipinski definition) is 1. The van der Waals surface area contributed by atoms with Gasteiger partial charge in [0.1, 0.15) is 0 Å². The Kier molecular flexibility index (Phi) is 3.49. The van der Waals surface area contributed by atoms with Crippen LogP contribution in [0.25, 0.3) is 0 Å². The molecule has 2 aromatic rings. The molecule has 86 valence electrons. The van der Waals surface area contributed by atoms with Crippen LogP contribution in [0.3, 0.4) is 0 Å². The summed E-state index contributed by atoms with van der Waals surface area (Å²) in [7, 11) is 0. The number of benzene rings is 2. The summed E-state index contributed by atoms with van der Waals surface area (Å²) in [5.41, 5.74) is 1.32. The highest BCUT2D eigenvalue weighted by molar-refractivity contribution is 7.99. The SMILES string of the molecule is Cc1cc(C(=O)O)ccc1Sc1ccccc1. The molecule has 3 heteroatoms. The fraction of sp³-hybridized carbons (Fsp3) is 0.0714. The fourth-order valence-corrected chi connectivity index (χ4v) is 2.42. The number of carboxylic acid groups (broad SMARTS) is 1. The lowest BCUT2D eigenvalue weighted by Gasteiger charge is -2.06. The normalized spacial score (nSPS) is 10.2. The molecule has 0 aliphatic rings. The first-order valence-electron chi connectivity index (χ1n) is 5.23. The summed E-state index contributed by atoms with van der Waals surface area (Å²) in [6, 6.07) is 15.2. The molecule has 0 unspecified atom stereocenters. The highest BCUT2D eigenvalue weighted by Crippen LogP contribution is 2.30. The van der Waals surface area contributed by atoms with Crippen LogP contribution < -0.4 is 0 Å². The van der Waals surface area contributed by atoms with Gasteiger partial charge < -0.3 is 5.11 Å². The lowest BCUT2D eigenvalue weighted by molar-refractivity contribution is 0.0696. The molecule has 2 rings (SSSR count). The van der Waals surface area contributed by atoms with E-state index in [0.29, 0.717) is 5.56 Å². The van der Waals surface area contributed by atoms with Gasteiger partial charge in [-0.1, -0.05) is 30.0 Å². The summed E-state index contributed by atoms with van der Waals surface area (Å²) in [4.78, 5) is 13.1. The second-order valence-electron chi connectivity index (χ2n) is 3.70. The molecule has 1 N–H and O–H groups in total. The number of rotatable bonds is 3. The first-order chi connectivity index (χ1) is 8.16. The molecule has 0 bridgehead atoms. The molecule has 0 saturated heterocycles. The number of carboxylic acids is 1. The Balaban J connectivity index is 2.26. The van der Waals surface area contributed by atoms with Crippen molar-refractivity contribution in [1.29, 1.82) is 0 Å². The summed E-state index contributed by atoms with van der Waals surface area (Å²) < 4.78 is 0. The van der Waals surface area contributed by atoms with E-state index in [9.17, 15) is 4.79 Å². The largest absolute Gasteiger partial charge is 0.478 e. The van der Waals surface area contributed by atoms with Gasteiger partial charge in [-0.05, 0) is 42.8 Å². The van der Waals surface area contributed by atoms with Gasteiger partial charge in [0.05, 0.1) is 5.56 Å². The predicted octanol–water partition coefficient (Wildman–Crippen LogP) is 3.84. The molecule has 0 spiro atoms. The summed E-state index contributed by atoms with van der Waals surface area (Å²) >= 11 is 1.64. The molecule has 0 atom stereocenters. The van der Waals surface area contributed by atoms with Gasteiger partial charge in [-0.25, -0.2) is 4.79 Å². The molecular weight excluding hydrogens is 232 g/mol. The minimum atomic E-state index is -0.885. The first kappa shape index (κ1) is 11.7. The number of carbonyl (C=O) groups is 1. The maximum atomic E-state index is 10.8. The van der Waals surface area contributed by atoms with E-state index in [1.165, 1.54) is 0 Å². The Morgan fingerprint density at radius 2 is 1.82 bits per heavy atom. The molecule has 0 aliphatic carbocycles. The van der Waals surface area contributed by atoms with Crippen molar-refractivity contribution in [1.82, 2.24) is 0 Å². The molecule has 0 amide bonds. The zero-order chi connectivity index (χ0) is 12.3. The van der Waals surface area contributed by atoms with E-state index >= 15 is 0 Å². The number of hydrogen-bond acceptors (Lipinski definition) is 2. The molecule has 0 saturated carbocycles. The van der Waals surface area contributed by atoms with E-state index in [1.807, 2.05) is 43.3 Å². The van der Waals surface area contributed by atoms with E-state index in [4.69, 9.17) is 5.11 Å². The molecule has 17 heavy (non-hydrogen) atoms. The number of aromatic carboxylic acids is 1. The van der Waals surface area contributed by atoms with Crippen LogP contribution in [0.2, 0.25) is 0 Å². The third-order valence-corrected chi connectivity index (χ3v) is 3.58. The lowest BCUT2D eigenvalue weighted by Crippen LogP contribution is -1.96. The predicted molar refractivity (Wildman–Crippen MR) is 68.7 cm³/mol. The van der Waals surface area contributed by atoms with Crippen LogP contribution in [-0.2, 0) is 0 Å². The zero-order valence-electron chi connectivity index (χ0n) is 9.38. The smallest absolute Gasteiger partial charge is 0.335 e. The quantitative estimate of drug-likeness (QED) is 0.891. The van der Waals surface area contributed by atoms with Crippen molar-refractivity contribution in [2.24, 2.45) is 0 Å². The van der Waals surface area contributed by atoms with Gasteiger partial charge in [0.15, 0.2) is 0 Å². The highest BCUT2D eigenvalue weighted by Gasteiger charge is 2.06. The Labute approximate surface area is 104 Å². The maximum absolute atomic E-state index is 10.8. The summed E-state index contributed by atoms with van der Waals surface area (Å²) in [6.45, 7) is 1.93. The standard InChI is InChI=1S/C14H12O2S/c1-10-9-11(14(15)16)7-8-13(10)17-12-5-3-2-4-6-12/h2-9H,1H3,(H,15,16). The Morgan fingerprint density at radius 1 is 1.12 bits per heavy atom. The van der Waals surface area contributed by atoms with E-state index < -0.39 is 5.97 Å². The van der Waals surface area contributed by atoms with Gasteiger partial charge in [0.2, 0.25) is 0 Å². The van der Waals surface area contributed by atoms with Gasteiger partial charge in [0, 0.05) is 9.79 Å². The molecule has 0 aliphatic heterocycles. The van der Waals surface area contributed by atoms with Crippen molar-refractivity contribution in [2.75, 3.05) is 0 Å². The summed E-state index contributed by atoms with van der Waals surface area (Å²) in [5, 5.41) is 8.88. The minimum absolute atomic E-state index is 0.333. The van der Waals surface area contributed by atoms with Crippen molar-refractivity contribution in [3.05, 3.63) is 59.7 Å². The van der Waals surface area contributed by atoms with E-state index in [1.54, 1.807) is 23.9 Å². The highest BCUT2D eigenvalue weighted by atomic mass is 32.2. The van der Waals surface area contributed by atoms with Crippen molar-refractivity contribution >= 4 is 17.7 Å². The Morgan fingerprint density at radius 3 is 2.41 bits per heavy atom. The van der Waals surface area contributed by atoms with Gasteiger partial charge in [-0.15, -0.1) is 0 Å². The van der Waals surface area contributed by atoms with Crippen molar-refractivity contribution in [3.8, 4) is 0 Å². The van der Waals surface area contributed by atoms with Crippen LogP contribution in [0, 0.1) is 6.92 Å². The second-order valence-corrected chi connectivity index (χ2v) is 4.82. The van der Waals surface area contributed by atoms with Crippen LogP contribution in [0.5, 0.6) is 0 Å². The van der Waals surface area contributed by atoms with Gasteiger partial charge in [-0.3, -0.25) is 0 Å².